The minimum absolute atomic E-state index is 0.839. The molecule has 2 aromatic rings. The lowest BCUT2D eigenvalue weighted by Gasteiger charge is -1.91. The predicted octanol–water partition coefficient (Wildman–Crippen LogP) is 0.838. The van der Waals surface area contributed by atoms with Crippen molar-refractivity contribution in [1.29, 1.82) is 0 Å². The van der Waals surface area contributed by atoms with Gasteiger partial charge in [0.25, 0.3) is 0 Å². The van der Waals surface area contributed by atoms with Crippen molar-refractivity contribution in [2.45, 2.75) is 6.92 Å². The highest BCUT2D eigenvalue weighted by molar-refractivity contribution is 5.35. The Morgan fingerprint density at radius 3 is 3.30 bits per heavy atom. The van der Waals surface area contributed by atoms with E-state index in [1.54, 1.807) is 10.7 Å². The summed E-state index contributed by atoms with van der Waals surface area (Å²) in [6.07, 6.45) is 4.43. The lowest BCUT2D eigenvalue weighted by atomic mass is 10.4. The van der Waals surface area contributed by atoms with Crippen LogP contribution in [0.4, 0.5) is 0 Å². The van der Waals surface area contributed by atoms with Crippen LogP contribution >= 0.6 is 0 Å². The molecule has 1 radical (unpaired) electrons. The van der Waals surface area contributed by atoms with Gasteiger partial charge in [-0.25, -0.2) is 9.50 Å². The van der Waals surface area contributed by atoms with Crippen molar-refractivity contribution in [3.8, 4) is 0 Å². The van der Waals surface area contributed by atoms with Crippen LogP contribution in [0.15, 0.2) is 18.3 Å². The van der Waals surface area contributed by atoms with Crippen LogP contribution in [0, 0.1) is 13.1 Å². The molecule has 0 aliphatic carbocycles. The van der Waals surface area contributed by atoms with Gasteiger partial charge in [0.1, 0.15) is 6.20 Å². The Balaban J connectivity index is 2.86. The van der Waals surface area contributed by atoms with Gasteiger partial charge in [-0.1, -0.05) is 0 Å². The van der Waals surface area contributed by atoms with Gasteiger partial charge in [-0.05, 0) is 19.1 Å². The molecule has 0 unspecified atom stereocenters. The van der Waals surface area contributed by atoms with E-state index in [2.05, 4.69) is 16.3 Å². The Morgan fingerprint density at radius 1 is 1.50 bits per heavy atom. The molecule has 0 saturated carbocycles. The van der Waals surface area contributed by atoms with Crippen LogP contribution in [0.2, 0.25) is 0 Å². The minimum Gasteiger partial charge on any atom is -0.225 e. The number of hydrogen-bond donors (Lipinski definition) is 0. The molecule has 0 aliphatic heterocycles. The molecule has 0 bridgehead atoms. The third kappa shape index (κ3) is 0.673. The van der Waals surface area contributed by atoms with Crippen molar-refractivity contribution in [3.63, 3.8) is 0 Å². The van der Waals surface area contributed by atoms with Crippen LogP contribution < -0.4 is 0 Å². The summed E-state index contributed by atoms with van der Waals surface area (Å²) in [5.74, 6) is 0. The zero-order valence-corrected chi connectivity index (χ0v) is 5.57. The van der Waals surface area contributed by atoms with Crippen molar-refractivity contribution < 1.29 is 0 Å². The maximum atomic E-state index is 4.16. The van der Waals surface area contributed by atoms with Crippen molar-refractivity contribution in [2.75, 3.05) is 0 Å². The molecule has 0 fully saturated rings. The van der Waals surface area contributed by atoms with Gasteiger partial charge in [-0.15, -0.1) is 0 Å². The van der Waals surface area contributed by atoms with E-state index in [-0.39, 0.29) is 0 Å². The monoisotopic (exact) mass is 132 g/mol. The van der Waals surface area contributed by atoms with Crippen LogP contribution in [-0.2, 0) is 0 Å². The number of imidazole rings is 1. The van der Waals surface area contributed by atoms with E-state index in [1.807, 2.05) is 19.1 Å². The molecule has 10 heavy (non-hydrogen) atoms. The highest BCUT2D eigenvalue weighted by atomic mass is 15.2. The van der Waals surface area contributed by atoms with Gasteiger partial charge in [0, 0.05) is 0 Å². The Hall–Kier alpha value is -1.38. The van der Waals surface area contributed by atoms with E-state index >= 15 is 0 Å². The molecule has 0 atom stereocenters. The maximum absolute atomic E-state index is 4.16. The first-order chi connectivity index (χ1) is 4.86. The maximum Gasteiger partial charge on any atom is 0.154 e. The first kappa shape index (κ1) is 5.41. The zero-order chi connectivity index (χ0) is 6.97. The van der Waals surface area contributed by atoms with Gasteiger partial charge in [-0.2, -0.15) is 5.10 Å². The summed E-state index contributed by atoms with van der Waals surface area (Å²) in [6, 6.07) is 3.84. The minimum atomic E-state index is 0.839. The quantitative estimate of drug-likeness (QED) is 0.531. The third-order valence-corrected chi connectivity index (χ3v) is 1.33. The Bertz CT molecular complexity index is 350. The Labute approximate surface area is 58.3 Å². The fourth-order valence-corrected chi connectivity index (χ4v) is 0.859. The van der Waals surface area contributed by atoms with E-state index in [0.717, 1.165) is 11.3 Å². The molecule has 0 amide bonds. The molecule has 0 aromatic carbocycles. The standard InChI is InChI=1S/C7H6N3/c1-6-2-3-7-8-4-5-10(7)9-6/h2-3,5H,1H3. The summed E-state index contributed by atoms with van der Waals surface area (Å²) in [5, 5.41) is 4.16. The smallest absolute Gasteiger partial charge is 0.154 e. The largest absolute Gasteiger partial charge is 0.225 e. The summed E-state index contributed by atoms with van der Waals surface area (Å²) in [6.45, 7) is 1.94. The Morgan fingerprint density at radius 2 is 2.40 bits per heavy atom. The fraction of sp³-hybridized carbons (Fsp3) is 0.143. The van der Waals surface area contributed by atoms with Crippen LogP contribution in [-0.4, -0.2) is 14.6 Å². The first-order valence-corrected chi connectivity index (χ1v) is 3.05. The highest BCUT2D eigenvalue weighted by Gasteiger charge is 1.92. The van der Waals surface area contributed by atoms with Gasteiger partial charge < -0.3 is 0 Å². The lowest BCUT2D eigenvalue weighted by molar-refractivity contribution is 0.901. The second-order valence-electron chi connectivity index (χ2n) is 2.15. The number of rotatable bonds is 0. The highest BCUT2D eigenvalue weighted by Crippen LogP contribution is 1.97. The van der Waals surface area contributed by atoms with E-state index in [4.69, 9.17) is 0 Å². The second-order valence-corrected chi connectivity index (χ2v) is 2.15. The number of aromatic nitrogens is 3. The number of nitrogens with zero attached hydrogens (tertiary/aromatic N) is 3. The van der Waals surface area contributed by atoms with Crippen molar-refractivity contribution in [2.24, 2.45) is 0 Å². The molecule has 0 N–H and O–H groups in total. The van der Waals surface area contributed by atoms with Crippen LogP contribution in [0.3, 0.4) is 0 Å². The van der Waals surface area contributed by atoms with Crippen molar-refractivity contribution in [1.82, 2.24) is 14.6 Å². The van der Waals surface area contributed by atoms with E-state index < -0.39 is 0 Å². The fourth-order valence-electron chi connectivity index (χ4n) is 0.859. The van der Waals surface area contributed by atoms with Gasteiger partial charge in [0.05, 0.1) is 11.9 Å². The predicted molar refractivity (Wildman–Crippen MR) is 36.6 cm³/mol. The van der Waals surface area contributed by atoms with Crippen molar-refractivity contribution >= 4 is 5.65 Å². The summed E-state index contributed by atoms with van der Waals surface area (Å²) in [5.41, 5.74) is 1.82. The normalized spacial score (nSPS) is 10.5. The van der Waals surface area contributed by atoms with Crippen LogP contribution in [0.25, 0.3) is 5.65 Å². The van der Waals surface area contributed by atoms with Gasteiger partial charge in [0.15, 0.2) is 5.65 Å². The van der Waals surface area contributed by atoms with Crippen LogP contribution in [0.5, 0.6) is 0 Å². The summed E-state index contributed by atoms with van der Waals surface area (Å²) in [4.78, 5) is 3.94. The van der Waals surface area contributed by atoms with Crippen LogP contribution in [0.1, 0.15) is 5.69 Å². The number of fused-ring (bicyclic) bond motifs is 1. The molecule has 0 spiro atoms. The molecular weight excluding hydrogens is 126 g/mol. The molecular formula is C7H6N3. The Kier molecular flexibility index (Phi) is 0.974. The summed E-state index contributed by atoms with van der Waals surface area (Å²) >= 11 is 0. The molecule has 3 nitrogen and oxygen atoms in total. The molecule has 3 heteroatoms. The second kappa shape index (κ2) is 1.80. The SMILES string of the molecule is Cc1ccc2n[c]cn2n1. The van der Waals surface area contributed by atoms with Gasteiger partial charge >= 0.3 is 0 Å². The molecule has 2 rings (SSSR count). The molecule has 49 valence electrons. The first-order valence-electron chi connectivity index (χ1n) is 3.05. The van der Waals surface area contributed by atoms with Gasteiger partial charge in [0.2, 0.25) is 0 Å². The summed E-state index contributed by atoms with van der Waals surface area (Å²) < 4.78 is 1.70. The van der Waals surface area contributed by atoms with E-state index in [9.17, 15) is 0 Å². The molecule has 2 aromatic heterocycles. The van der Waals surface area contributed by atoms with E-state index in [1.165, 1.54) is 0 Å². The average molecular weight is 132 g/mol. The average Bonchev–Trinajstić information content (AvgIpc) is 2.33. The topological polar surface area (TPSA) is 30.2 Å². The lowest BCUT2D eigenvalue weighted by Crippen LogP contribution is -1.91. The molecule has 2 heterocycles. The van der Waals surface area contributed by atoms with E-state index in [0.29, 0.717) is 0 Å². The number of aryl methyl sites for hydroxylation is 1. The third-order valence-electron chi connectivity index (χ3n) is 1.33. The summed E-state index contributed by atoms with van der Waals surface area (Å²) in [7, 11) is 0. The molecule has 0 saturated heterocycles. The zero-order valence-electron chi connectivity index (χ0n) is 5.57. The number of hydrogen-bond acceptors (Lipinski definition) is 2. The molecule has 0 aliphatic rings. The van der Waals surface area contributed by atoms with Crippen molar-refractivity contribution in [3.05, 3.63) is 30.2 Å². The van der Waals surface area contributed by atoms with Gasteiger partial charge in [-0.3, -0.25) is 0 Å².